The molecule has 0 unspecified atom stereocenters. The van der Waals surface area contributed by atoms with Gasteiger partial charge in [-0.3, -0.25) is 14.2 Å². The van der Waals surface area contributed by atoms with Crippen molar-refractivity contribution < 1.29 is 9.21 Å². The van der Waals surface area contributed by atoms with Gasteiger partial charge in [0.2, 0.25) is 5.91 Å². The van der Waals surface area contributed by atoms with E-state index in [-0.39, 0.29) is 23.8 Å². The van der Waals surface area contributed by atoms with Gasteiger partial charge in [-0.15, -0.1) is 11.3 Å². The van der Waals surface area contributed by atoms with Gasteiger partial charge in [0.1, 0.15) is 10.5 Å². The maximum atomic E-state index is 12.9. The summed E-state index contributed by atoms with van der Waals surface area (Å²) in [5, 5.41) is 5.19. The minimum absolute atomic E-state index is 0.127. The van der Waals surface area contributed by atoms with E-state index in [0.29, 0.717) is 21.1 Å². The summed E-state index contributed by atoms with van der Waals surface area (Å²) >= 11 is 2.60. The first-order valence-corrected chi connectivity index (χ1v) is 10.5. The van der Waals surface area contributed by atoms with E-state index in [1.165, 1.54) is 23.1 Å². The molecule has 28 heavy (non-hydrogen) atoms. The Morgan fingerprint density at radius 1 is 1.25 bits per heavy atom. The van der Waals surface area contributed by atoms with Crippen molar-refractivity contribution in [2.24, 2.45) is 0 Å². The number of amides is 1. The van der Waals surface area contributed by atoms with Crippen molar-refractivity contribution in [3.63, 3.8) is 0 Å². The van der Waals surface area contributed by atoms with Gasteiger partial charge in [0.15, 0.2) is 5.16 Å². The number of fused-ring (bicyclic) bond motifs is 1. The van der Waals surface area contributed by atoms with Gasteiger partial charge in [-0.25, -0.2) is 4.98 Å². The zero-order chi connectivity index (χ0) is 19.5. The molecule has 1 N–H and O–H groups in total. The highest BCUT2D eigenvalue weighted by Crippen LogP contribution is 2.22. The van der Waals surface area contributed by atoms with Crippen LogP contribution in [0.2, 0.25) is 0 Å². The predicted octanol–water partition coefficient (Wildman–Crippen LogP) is 4.14. The first-order chi connectivity index (χ1) is 13.6. The van der Waals surface area contributed by atoms with Gasteiger partial charge in [-0.1, -0.05) is 29.5 Å². The Morgan fingerprint density at radius 3 is 2.82 bits per heavy atom. The molecular formula is C20H17N3O3S2. The molecule has 0 bridgehead atoms. The highest BCUT2D eigenvalue weighted by molar-refractivity contribution is 7.99. The lowest BCUT2D eigenvalue weighted by Crippen LogP contribution is -2.24. The number of hydrogen-bond acceptors (Lipinski definition) is 6. The molecule has 8 heteroatoms. The van der Waals surface area contributed by atoms with Crippen molar-refractivity contribution in [2.75, 3.05) is 11.1 Å². The number of thiophene rings is 1. The average Bonchev–Trinajstić information content (AvgIpc) is 3.36. The van der Waals surface area contributed by atoms with Gasteiger partial charge in [-0.2, -0.15) is 0 Å². The second-order valence-electron chi connectivity index (χ2n) is 6.20. The maximum Gasteiger partial charge on any atom is 0.272 e. The van der Waals surface area contributed by atoms with Crippen LogP contribution in [0, 0.1) is 6.92 Å². The standard InChI is InChI=1S/C20H17N3O3S2/c1-13-4-6-14(7-5-13)21-17(24)12-28-20-22-16-8-10-27-18(16)19(25)23(20)11-15-3-2-9-26-15/h2-10H,11-12H2,1H3,(H,21,24). The van der Waals surface area contributed by atoms with Crippen LogP contribution in [0.25, 0.3) is 10.2 Å². The van der Waals surface area contributed by atoms with Crippen LogP contribution in [-0.4, -0.2) is 21.2 Å². The number of aryl methyl sites for hydroxylation is 1. The number of hydrogen-bond donors (Lipinski definition) is 1. The molecule has 0 aliphatic heterocycles. The van der Waals surface area contributed by atoms with Gasteiger partial charge < -0.3 is 9.73 Å². The van der Waals surface area contributed by atoms with Gasteiger partial charge in [0, 0.05) is 5.69 Å². The van der Waals surface area contributed by atoms with Crippen LogP contribution in [0.4, 0.5) is 5.69 Å². The first-order valence-electron chi connectivity index (χ1n) is 8.60. The topological polar surface area (TPSA) is 77.1 Å². The highest BCUT2D eigenvalue weighted by atomic mass is 32.2. The van der Waals surface area contributed by atoms with E-state index in [0.717, 1.165) is 11.3 Å². The van der Waals surface area contributed by atoms with Gasteiger partial charge in [0.05, 0.1) is 24.1 Å². The summed E-state index contributed by atoms with van der Waals surface area (Å²) in [5.41, 5.74) is 2.39. The molecule has 0 atom stereocenters. The lowest BCUT2D eigenvalue weighted by molar-refractivity contribution is -0.113. The monoisotopic (exact) mass is 411 g/mol. The molecular weight excluding hydrogens is 394 g/mol. The van der Waals surface area contributed by atoms with E-state index >= 15 is 0 Å². The summed E-state index contributed by atoms with van der Waals surface area (Å²) in [7, 11) is 0. The van der Waals surface area contributed by atoms with Crippen LogP contribution in [0.1, 0.15) is 11.3 Å². The minimum Gasteiger partial charge on any atom is -0.467 e. The van der Waals surface area contributed by atoms with Crippen molar-refractivity contribution >= 4 is 44.9 Å². The SMILES string of the molecule is Cc1ccc(NC(=O)CSc2nc3ccsc3c(=O)n2Cc2ccco2)cc1. The number of anilines is 1. The molecule has 1 aromatic carbocycles. The van der Waals surface area contributed by atoms with Crippen molar-refractivity contribution in [3.05, 3.63) is 75.8 Å². The molecule has 0 saturated carbocycles. The molecule has 0 saturated heterocycles. The third-order valence-corrected chi connectivity index (χ3v) is 5.96. The summed E-state index contributed by atoms with van der Waals surface area (Å²) in [6.07, 6.45) is 1.57. The van der Waals surface area contributed by atoms with Crippen LogP contribution >= 0.6 is 23.1 Å². The number of carbonyl (C=O) groups is 1. The van der Waals surface area contributed by atoms with E-state index in [1.54, 1.807) is 16.9 Å². The van der Waals surface area contributed by atoms with Crippen LogP contribution in [0.3, 0.4) is 0 Å². The van der Waals surface area contributed by atoms with E-state index in [4.69, 9.17) is 4.42 Å². The number of nitrogens with zero attached hydrogens (tertiary/aromatic N) is 2. The van der Waals surface area contributed by atoms with Crippen molar-refractivity contribution in [1.29, 1.82) is 0 Å². The zero-order valence-corrected chi connectivity index (χ0v) is 16.7. The Kier molecular flexibility index (Phi) is 5.31. The molecule has 0 radical (unpaired) electrons. The number of carbonyl (C=O) groups excluding carboxylic acids is 1. The third kappa shape index (κ3) is 4.02. The molecule has 142 valence electrons. The van der Waals surface area contributed by atoms with E-state index in [2.05, 4.69) is 10.3 Å². The van der Waals surface area contributed by atoms with Gasteiger partial charge >= 0.3 is 0 Å². The number of benzene rings is 1. The molecule has 1 amide bonds. The van der Waals surface area contributed by atoms with E-state index < -0.39 is 0 Å². The fraction of sp³-hybridized carbons (Fsp3) is 0.150. The number of thioether (sulfide) groups is 1. The molecule has 4 rings (SSSR count). The number of nitrogens with one attached hydrogen (secondary N) is 1. The molecule has 0 aliphatic carbocycles. The fourth-order valence-electron chi connectivity index (χ4n) is 2.70. The van der Waals surface area contributed by atoms with Crippen LogP contribution in [-0.2, 0) is 11.3 Å². The molecule has 4 aromatic rings. The second kappa shape index (κ2) is 8.04. The van der Waals surface area contributed by atoms with E-state index in [9.17, 15) is 9.59 Å². The van der Waals surface area contributed by atoms with E-state index in [1.807, 2.05) is 48.7 Å². The second-order valence-corrected chi connectivity index (χ2v) is 8.06. The summed E-state index contributed by atoms with van der Waals surface area (Å²) in [6, 6.07) is 13.0. The van der Waals surface area contributed by atoms with Gasteiger partial charge in [-0.05, 0) is 42.6 Å². The Hall–Kier alpha value is -2.84. The fourth-order valence-corrected chi connectivity index (χ4v) is 4.27. The lowest BCUT2D eigenvalue weighted by atomic mass is 10.2. The Bertz CT molecular complexity index is 1160. The number of aromatic nitrogens is 2. The molecule has 3 aromatic heterocycles. The number of furan rings is 1. The summed E-state index contributed by atoms with van der Waals surface area (Å²) in [6.45, 7) is 2.26. The summed E-state index contributed by atoms with van der Waals surface area (Å²) in [4.78, 5) is 29.8. The Balaban J connectivity index is 1.55. The van der Waals surface area contributed by atoms with Crippen molar-refractivity contribution in [3.8, 4) is 0 Å². The molecule has 0 spiro atoms. The smallest absolute Gasteiger partial charge is 0.272 e. The predicted molar refractivity (Wildman–Crippen MR) is 112 cm³/mol. The minimum atomic E-state index is -0.155. The number of rotatable bonds is 6. The molecule has 0 aliphatic rings. The van der Waals surface area contributed by atoms with Crippen LogP contribution < -0.4 is 10.9 Å². The maximum absolute atomic E-state index is 12.9. The Morgan fingerprint density at radius 2 is 2.07 bits per heavy atom. The largest absolute Gasteiger partial charge is 0.467 e. The average molecular weight is 412 g/mol. The molecule has 0 fully saturated rings. The summed E-state index contributed by atoms with van der Waals surface area (Å²) in [5.74, 6) is 0.650. The van der Waals surface area contributed by atoms with Gasteiger partial charge in [0.25, 0.3) is 5.56 Å². The summed E-state index contributed by atoms with van der Waals surface area (Å²) < 4.78 is 7.54. The molecule has 3 heterocycles. The zero-order valence-electron chi connectivity index (χ0n) is 15.0. The Labute approximate surface area is 169 Å². The van der Waals surface area contributed by atoms with Crippen LogP contribution in [0.15, 0.2) is 68.5 Å². The molecule has 6 nitrogen and oxygen atoms in total. The third-order valence-electron chi connectivity index (χ3n) is 4.09. The van der Waals surface area contributed by atoms with Crippen molar-refractivity contribution in [2.45, 2.75) is 18.6 Å². The lowest BCUT2D eigenvalue weighted by Gasteiger charge is -2.11. The normalized spacial score (nSPS) is 11.0. The first kappa shape index (κ1) is 18.5. The highest BCUT2D eigenvalue weighted by Gasteiger charge is 2.15. The quantitative estimate of drug-likeness (QED) is 0.381. The van der Waals surface area contributed by atoms with Crippen LogP contribution in [0.5, 0.6) is 0 Å². The van der Waals surface area contributed by atoms with Crippen molar-refractivity contribution in [1.82, 2.24) is 9.55 Å².